The van der Waals surface area contributed by atoms with Crippen LogP contribution in [0.2, 0.25) is 0 Å². The van der Waals surface area contributed by atoms with E-state index < -0.39 is 0 Å². The number of nitrogens with zero attached hydrogens (tertiary/aromatic N) is 3. The monoisotopic (exact) mass is 376 g/mol. The summed E-state index contributed by atoms with van der Waals surface area (Å²) in [7, 11) is 0. The van der Waals surface area contributed by atoms with E-state index in [1.54, 1.807) is 0 Å². The molecule has 2 aliphatic heterocycles. The number of benzene rings is 1. The zero-order valence-electron chi connectivity index (χ0n) is 15.3. The molecule has 1 aromatic heterocycles. The fraction of sp³-hybridized carbons (Fsp3) is 0.600. The van der Waals surface area contributed by atoms with Gasteiger partial charge in [0, 0.05) is 30.8 Å². The zero-order chi connectivity index (χ0) is 16.9. The van der Waals surface area contributed by atoms with Crippen molar-refractivity contribution in [1.82, 2.24) is 15.5 Å². The quantitative estimate of drug-likeness (QED) is 0.871. The molecule has 1 aromatic carbocycles. The third-order valence-corrected chi connectivity index (χ3v) is 5.47. The lowest BCUT2D eigenvalue weighted by atomic mass is 9.97. The Morgan fingerprint density at radius 3 is 2.62 bits per heavy atom. The van der Waals surface area contributed by atoms with E-state index in [0.29, 0.717) is 11.7 Å². The average Bonchev–Trinajstić information content (AvgIpc) is 2.98. The van der Waals surface area contributed by atoms with Crippen LogP contribution >= 0.6 is 12.4 Å². The predicted octanol–water partition coefficient (Wildman–Crippen LogP) is 4.08. The molecular formula is C20H29ClN4O. The van der Waals surface area contributed by atoms with E-state index in [0.717, 1.165) is 31.0 Å². The highest BCUT2D eigenvalue weighted by atomic mass is 35.5. The summed E-state index contributed by atoms with van der Waals surface area (Å²) in [4.78, 5) is 7.10. The molecule has 26 heavy (non-hydrogen) atoms. The molecule has 2 aliphatic rings. The Bertz CT molecular complexity index is 659. The maximum Gasteiger partial charge on any atom is 0.227 e. The van der Waals surface area contributed by atoms with Gasteiger partial charge in [0.15, 0.2) is 0 Å². The highest BCUT2D eigenvalue weighted by Crippen LogP contribution is 2.25. The summed E-state index contributed by atoms with van der Waals surface area (Å²) in [5, 5.41) is 7.66. The predicted molar refractivity (Wildman–Crippen MR) is 107 cm³/mol. The molecule has 2 fully saturated rings. The van der Waals surface area contributed by atoms with Crippen molar-refractivity contribution in [3.8, 4) is 11.4 Å². The fourth-order valence-electron chi connectivity index (χ4n) is 3.97. The minimum absolute atomic E-state index is 0. The second-order valence-electron chi connectivity index (χ2n) is 7.36. The van der Waals surface area contributed by atoms with Gasteiger partial charge in [-0.15, -0.1) is 12.4 Å². The van der Waals surface area contributed by atoms with Gasteiger partial charge in [0.25, 0.3) is 0 Å². The average molecular weight is 377 g/mol. The largest absolute Gasteiger partial charge is 0.372 e. The van der Waals surface area contributed by atoms with Crippen molar-refractivity contribution in [2.75, 3.05) is 31.1 Å². The van der Waals surface area contributed by atoms with Crippen LogP contribution in [0.15, 0.2) is 28.8 Å². The summed E-state index contributed by atoms with van der Waals surface area (Å²) in [6.45, 7) is 4.57. The van der Waals surface area contributed by atoms with Crippen molar-refractivity contribution >= 4 is 18.1 Å². The van der Waals surface area contributed by atoms with Crippen LogP contribution in [0.4, 0.5) is 5.69 Å². The Morgan fingerprint density at radius 2 is 1.81 bits per heavy atom. The molecule has 3 heterocycles. The molecule has 0 bridgehead atoms. The maximum atomic E-state index is 5.52. The number of hydrogen-bond donors (Lipinski definition) is 1. The normalized spacial score (nSPS) is 21.1. The molecule has 0 saturated carbocycles. The van der Waals surface area contributed by atoms with Gasteiger partial charge in [-0.3, -0.25) is 0 Å². The standard InChI is InChI=1S/C20H28N4O.ClH/c1-2-13-24(14-3-1)18-8-6-17(7-9-18)20-22-19(25-23-20)15-16-5-4-11-21-12-10-16;/h6-9,16,21H,1-5,10-15H2;1H. The first-order chi connectivity index (χ1) is 12.4. The number of nitrogens with one attached hydrogen (secondary N) is 1. The molecule has 2 saturated heterocycles. The summed E-state index contributed by atoms with van der Waals surface area (Å²) >= 11 is 0. The van der Waals surface area contributed by atoms with Gasteiger partial charge in [-0.1, -0.05) is 5.16 Å². The Morgan fingerprint density at radius 1 is 1.00 bits per heavy atom. The second-order valence-corrected chi connectivity index (χ2v) is 7.36. The molecule has 142 valence electrons. The number of halogens is 1. The Kier molecular flexibility index (Phi) is 6.92. The first-order valence-corrected chi connectivity index (χ1v) is 9.77. The van der Waals surface area contributed by atoms with E-state index in [1.165, 1.54) is 57.3 Å². The molecule has 1 atom stereocenters. The van der Waals surface area contributed by atoms with Crippen LogP contribution in [-0.2, 0) is 6.42 Å². The van der Waals surface area contributed by atoms with Gasteiger partial charge in [-0.2, -0.15) is 4.98 Å². The second kappa shape index (κ2) is 9.38. The third-order valence-electron chi connectivity index (χ3n) is 5.47. The Balaban J connectivity index is 0.00000196. The zero-order valence-corrected chi connectivity index (χ0v) is 16.1. The van der Waals surface area contributed by atoms with Crippen LogP contribution in [-0.4, -0.2) is 36.3 Å². The molecule has 1 unspecified atom stereocenters. The van der Waals surface area contributed by atoms with E-state index in [4.69, 9.17) is 4.52 Å². The van der Waals surface area contributed by atoms with Crippen LogP contribution in [0.3, 0.4) is 0 Å². The smallest absolute Gasteiger partial charge is 0.227 e. The number of rotatable bonds is 4. The molecule has 5 nitrogen and oxygen atoms in total. The number of anilines is 1. The van der Waals surface area contributed by atoms with Crippen molar-refractivity contribution in [2.45, 2.75) is 44.9 Å². The fourth-order valence-corrected chi connectivity index (χ4v) is 3.97. The summed E-state index contributed by atoms with van der Waals surface area (Å²) in [5.74, 6) is 2.15. The number of hydrogen-bond acceptors (Lipinski definition) is 5. The lowest BCUT2D eigenvalue weighted by molar-refractivity contribution is 0.341. The van der Waals surface area contributed by atoms with Crippen LogP contribution in [0, 0.1) is 5.92 Å². The van der Waals surface area contributed by atoms with Crippen molar-refractivity contribution in [3.63, 3.8) is 0 Å². The van der Waals surface area contributed by atoms with Crippen LogP contribution < -0.4 is 10.2 Å². The van der Waals surface area contributed by atoms with Gasteiger partial charge >= 0.3 is 0 Å². The van der Waals surface area contributed by atoms with Crippen LogP contribution in [0.5, 0.6) is 0 Å². The summed E-state index contributed by atoms with van der Waals surface area (Å²) < 4.78 is 5.52. The highest BCUT2D eigenvalue weighted by molar-refractivity contribution is 5.85. The van der Waals surface area contributed by atoms with Crippen molar-refractivity contribution < 1.29 is 4.52 Å². The highest BCUT2D eigenvalue weighted by Gasteiger charge is 2.17. The van der Waals surface area contributed by atoms with Crippen LogP contribution in [0.25, 0.3) is 11.4 Å². The van der Waals surface area contributed by atoms with Gasteiger partial charge in [0.1, 0.15) is 0 Å². The van der Waals surface area contributed by atoms with Gasteiger partial charge in [0.05, 0.1) is 0 Å². The minimum atomic E-state index is 0. The molecule has 0 amide bonds. The molecule has 0 spiro atoms. The molecule has 0 radical (unpaired) electrons. The summed E-state index contributed by atoms with van der Waals surface area (Å²) in [5.41, 5.74) is 2.34. The molecule has 2 aromatic rings. The van der Waals surface area contributed by atoms with Crippen molar-refractivity contribution in [3.05, 3.63) is 30.2 Å². The van der Waals surface area contributed by atoms with Gasteiger partial charge in [-0.05, 0) is 81.8 Å². The molecule has 0 aliphatic carbocycles. The molecule has 4 rings (SSSR count). The summed E-state index contributed by atoms with van der Waals surface area (Å²) in [6.07, 6.45) is 8.54. The van der Waals surface area contributed by atoms with Crippen LogP contribution in [0.1, 0.15) is 44.4 Å². The first-order valence-electron chi connectivity index (χ1n) is 9.77. The lowest BCUT2D eigenvalue weighted by Crippen LogP contribution is -2.29. The van der Waals surface area contributed by atoms with E-state index in [-0.39, 0.29) is 12.4 Å². The Hall–Kier alpha value is -1.59. The molecular weight excluding hydrogens is 348 g/mol. The van der Waals surface area contributed by atoms with Crippen molar-refractivity contribution in [2.24, 2.45) is 5.92 Å². The Labute approximate surface area is 162 Å². The maximum absolute atomic E-state index is 5.52. The van der Waals surface area contributed by atoms with Gasteiger partial charge < -0.3 is 14.7 Å². The van der Waals surface area contributed by atoms with E-state index in [2.05, 4.69) is 44.6 Å². The van der Waals surface area contributed by atoms with E-state index in [1.807, 2.05) is 0 Å². The molecule has 1 N–H and O–H groups in total. The third kappa shape index (κ3) is 4.77. The van der Waals surface area contributed by atoms with Crippen molar-refractivity contribution in [1.29, 1.82) is 0 Å². The first kappa shape index (κ1) is 19.2. The van der Waals surface area contributed by atoms with Gasteiger partial charge in [0.2, 0.25) is 11.7 Å². The lowest BCUT2D eigenvalue weighted by Gasteiger charge is -2.28. The van der Waals surface area contributed by atoms with E-state index in [9.17, 15) is 0 Å². The van der Waals surface area contributed by atoms with Gasteiger partial charge in [-0.25, -0.2) is 0 Å². The summed E-state index contributed by atoms with van der Waals surface area (Å²) in [6, 6.07) is 8.61. The van der Waals surface area contributed by atoms with E-state index >= 15 is 0 Å². The number of piperidine rings is 1. The SMILES string of the molecule is Cl.c1cc(N2CCCCC2)ccc1-c1noc(CC2CCCNCC2)n1. The minimum Gasteiger partial charge on any atom is -0.372 e. The molecule has 6 heteroatoms. The number of aromatic nitrogens is 2. The topological polar surface area (TPSA) is 54.2 Å².